The van der Waals surface area contributed by atoms with Gasteiger partial charge >= 0.3 is 5.97 Å². The van der Waals surface area contributed by atoms with Gasteiger partial charge in [0.15, 0.2) is 0 Å². The third-order valence-electron chi connectivity index (χ3n) is 3.04. The van der Waals surface area contributed by atoms with E-state index in [2.05, 4.69) is 17.1 Å². The van der Waals surface area contributed by atoms with Gasteiger partial charge in [0, 0.05) is 19.7 Å². The highest BCUT2D eigenvalue weighted by molar-refractivity contribution is 5.80. The van der Waals surface area contributed by atoms with Gasteiger partial charge in [0.25, 0.3) is 0 Å². The van der Waals surface area contributed by atoms with E-state index in [1.807, 2.05) is 27.7 Å². The number of hydrogen-bond acceptors (Lipinski definition) is 5. The van der Waals surface area contributed by atoms with Gasteiger partial charge in [0.2, 0.25) is 0 Å². The van der Waals surface area contributed by atoms with Gasteiger partial charge in [-0.1, -0.05) is 13.8 Å². The van der Waals surface area contributed by atoms with E-state index in [1.54, 1.807) is 0 Å². The minimum atomic E-state index is -0.660. The lowest BCUT2D eigenvalue weighted by atomic mass is 10.0. The molecule has 5 heteroatoms. The van der Waals surface area contributed by atoms with Crippen molar-refractivity contribution in [3.05, 3.63) is 0 Å². The number of rotatable bonds is 11. The first kappa shape index (κ1) is 18.4. The van der Waals surface area contributed by atoms with Crippen molar-refractivity contribution in [3.63, 3.8) is 0 Å². The molecular formula is C14H30N2O3. The fourth-order valence-electron chi connectivity index (χ4n) is 2.01. The van der Waals surface area contributed by atoms with Crippen molar-refractivity contribution < 1.29 is 14.3 Å². The van der Waals surface area contributed by atoms with Crippen molar-refractivity contribution in [2.24, 2.45) is 0 Å². The Morgan fingerprint density at radius 3 is 2.37 bits per heavy atom. The second-order valence-electron chi connectivity index (χ2n) is 4.65. The smallest absolute Gasteiger partial charge is 0.327 e. The summed E-state index contributed by atoms with van der Waals surface area (Å²) in [5, 5.41) is 3.24. The molecule has 0 aromatic heterocycles. The summed E-state index contributed by atoms with van der Waals surface area (Å²) in [5.74, 6) is -0.188. The Kier molecular flexibility index (Phi) is 9.83. The maximum atomic E-state index is 12.1. The molecule has 19 heavy (non-hydrogen) atoms. The van der Waals surface area contributed by atoms with Gasteiger partial charge in [0.1, 0.15) is 5.54 Å². The van der Waals surface area contributed by atoms with E-state index in [0.29, 0.717) is 19.8 Å². The van der Waals surface area contributed by atoms with Crippen LogP contribution in [0.15, 0.2) is 0 Å². The molecule has 0 amide bonds. The second kappa shape index (κ2) is 10.2. The second-order valence-corrected chi connectivity index (χ2v) is 4.65. The summed E-state index contributed by atoms with van der Waals surface area (Å²) in [4.78, 5) is 14.3. The molecule has 0 rings (SSSR count). The summed E-state index contributed by atoms with van der Waals surface area (Å²) >= 11 is 0. The fourth-order valence-corrected chi connectivity index (χ4v) is 2.01. The lowest BCUT2D eigenvalue weighted by Crippen LogP contribution is -2.57. The first-order chi connectivity index (χ1) is 9.03. The lowest BCUT2D eigenvalue weighted by Gasteiger charge is -2.33. The van der Waals surface area contributed by atoms with E-state index in [0.717, 1.165) is 26.2 Å². The normalized spacial score (nSPS) is 14.4. The Bertz CT molecular complexity index is 249. The molecule has 5 nitrogen and oxygen atoms in total. The van der Waals surface area contributed by atoms with Crippen LogP contribution in [0, 0.1) is 0 Å². The topological polar surface area (TPSA) is 50.8 Å². The summed E-state index contributed by atoms with van der Waals surface area (Å²) in [5.41, 5.74) is -0.660. The lowest BCUT2D eigenvalue weighted by molar-refractivity contribution is -0.151. The first-order valence-corrected chi connectivity index (χ1v) is 7.26. The van der Waals surface area contributed by atoms with Gasteiger partial charge in [-0.3, -0.25) is 9.69 Å². The van der Waals surface area contributed by atoms with Gasteiger partial charge in [-0.25, -0.2) is 0 Å². The minimum absolute atomic E-state index is 0.188. The molecule has 0 spiro atoms. The average Bonchev–Trinajstić information content (AvgIpc) is 2.38. The average molecular weight is 274 g/mol. The Morgan fingerprint density at radius 2 is 1.89 bits per heavy atom. The zero-order valence-corrected chi connectivity index (χ0v) is 13.1. The summed E-state index contributed by atoms with van der Waals surface area (Å²) < 4.78 is 10.5. The number of carbonyl (C=O) groups excluding carboxylic acids is 1. The van der Waals surface area contributed by atoms with Gasteiger partial charge < -0.3 is 14.8 Å². The molecule has 1 N–H and O–H groups in total. The monoisotopic (exact) mass is 274 g/mol. The fraction of sp³-hybridized carbons (Fsp3) is 0.929. The molecule has 0 fully saturated rings. The molecule has 0 aromatic rings. The minimum Gasteiger partial charge on any atom is -0.465 e. The third kappa shape index (κ3) is 6.89. The molecule has 0 bridgehead atoms. The van der Waals surface area contributed by atoms with Crippen LogP contribution in [0.5, 0.6) is 0 Å². The highest BCUT2D eigenvalue weighted by Gasteiger charge is 2.35. The van der Waals surface area contributed by atoms with Crippen molar-refractivity contribution in [3.8, 4) is 0 Å². The van der Waals surface area contributed by atoms with E-state index >= 15 is 0 Å². The predicted octanol–water partition coefficient (Wildman–Crippen LogP) is 1.28. The van der Waals surface area contributed by atoms with Crippen LogP contribution in [0.25, 0.3) is 0 Å². The molecule has 0 radical (unpaired) electrons. The van der Waals surface area contributed by atoms with Gasteiger partial charge in [-0.05, 0) is 33.9 Å². The number of nitrogens with zero attached hydrogens (tertiary/aromatic N) is 1. The summed E-state index contributed by atoms with van der Waals surface area (Å²) in [6.45, 7) is 14.7. The molecule has 0 aliphatic rings. The van der Waals surface area contributed by atoms with Crippen molar-refractivity contribution in [1.82, 2.24) is 10.2 Å². The molecule has 0 aromatic carbocycles. The van der Waals surface area contributed by atoms with Gasteiger partial charge in [-0.2, -0.15) is 0 Å². The maximum Gasteiger partial charge on any atom is 0.327 e. The van der Waals surface area contributed by atoms with E-state index in [4.69, 9.17) is 9.47 Å². The summed E-state index contributed by atoms with van der Waals surface area (Å²) in [6, 6.07) is 0. The quantitative estimate of drug-likeness (QED) is 0.454. The van der Waals surface area contributed by atoms with E-state index < -0.39 is 5.54 Å². The zero-order chi connectivity index (χ0) is 14.7. The van der Waals surface area contributed by atoms with Crippen LogP contribution < -0.4 is 5.32 Å². The van der Waals surface area contributed by atoms with Crippen molar-refractivity contribution in [2.45, 2.75) is 40.2 Å². The van der Waals surface area contributed by atoms with Crippen LogP contribution in [-0.4, -0.2) is 62.4 Å². The standard InChI is InChI=1S/C14H30N2O3/c1-6-15-14(5,13(17)19-9-4)12-16(7-2)10-11-18-8-3/h15H,6-12H2,1-5H3. The molecule has 0 aliphatic heterocycles. The highest BCUT2D eigenvalue weighted by atomic mass is 16.5. The number of likely N-dealkylation sites (N-methyl/N-ethyl adjacent to an activating group) is 2. The first-order valence-electron chi connectivity index (χ1n) is 7.26. The van der Waals surface area contributed by atoms with Crippen molar-refractivity contribution in [2.75, 3.05) is 46.0 Å². The maximum absolute atomic E-state index is 12.1. The van der Waals surface area contributed by atoms with Crippen LogP contribution in [0.4, 0.5) is 0 Å². The number of nitrogens with one attached hydrogen (secondary N) is 1. The number of hydrogen-bond donors (Lipinski definition) is 1. The van der Waals surface area contributed by atoms with E-state index in [-0.39, 0.29) is 5.97 Å². The van der Waals surface area contributed by atoms with Gasteiger partial charge in [0.05, 0.1) is 13.2 Å². The van der Waals surface area contributed by atoms with Crippen molar-refractivity contribution >= 4 is 5.97 Å². The molecule has 0 aliphatic carbocycles. The number of carbonyl (C=O) groups is 1. The molecule has 1 unspecified atom stereocenters. The van der Waals surface area contributed by atoms with Crippen molar-refractivity contribution in [1.29, 1.82) is 0 Å². The largest absolute Gasteiger partial charge is 0.465 e. The molecule has 0 heterocycles. The summed E-state index contributed by atoms with van der Waals surface area (Å²) in [6.07, 6.45) is 0. The Morgan fingerprint density at radius 1 is 1.21 bits per heavy atom. The van der Waals surface area contributed by atoms with Crippen LogP contribution in [0.1, 0.15) is 34.6 Å². The predicted molar refractivity (Wildman–Crippen MR) is 77.3 cm³/mol. The van der Waals surface area contributed by atoms with Crippen LogP contribution >= 0.6 is 0 Å². The number of esters is 1. The van der Waals surface area contributed by atoms with Gasteiger partial charge in [-0.15, -0.1) is 0 Å². The third-order valence-corrected chi connectivity index (χ3v) is 3.04. The summed E-state index contributed by atoms with van der Waals surface area (Å²) in [7, 11) is 0. The molecular weight excluding hydrogens is 244 g/mol. The van der Waals surface area contributed by atoms with E-state index in [9.17, 15) is 4.79 Å². The van der Waals surface area contributed by atoms with Crippen LogP contribution in [0.2, 0.25) is 0 Å². The SMILES string of the molecule is CCNC(C)(CN(CC)CCOCC)C(=O)OCC. The Hall–Kier alpha value is -0.650. The Balaban J connectivity index is 4.54. The van der Waals surface area contributed by atoms with Crippen LogP contribution in [-0.2, 0) is 14.3 Å². The van der Waals surface area contributed by atoms with Crippen LogP contribution in [0.3, 0.4) is 0 Å². The number of ether oxygens (including phenoxy) is 2. The molecule has 0 saturated carbocycles. The Labute approximate surface area is 117 Å². The molecule has 1 atom stereocenters. The molecule has 114 valence electrons. The van der Waals surface area contributed by atoms with E-state index in [1.165, 1.54) is 0 Å². The highest BCUT2D eigenvalue weighted by Crippen LogP contribution is 2.10. The zero-order valence-electron chi connectivity index (χ0n) is 13.1. The molecule has 0 saturated heterocycles.